The minimum atomic E-state index is -0.131. The topological polar surface area (TPSA) is 29.5 Å². The lowest BCUT2D eigenvalue weighted by Crippen LogP contribution is -2.36. The van der Waals surface area contributed by atoms with Crippen molar-refractivity contribution in [2.45, 2.75) is 53.4 Å². The molecule has 0 aromatic heterocycles. The van der Waals surface area contributed by atoms with E-state index in [-0.39, 0.29) is 6.09 Å². The predicted molar refractivity (Wildman–Crippen MR) is 67.6 cm³/mol. The normalized spacial score (nSPS) is 15.4. The second kappa shape index (κ2) is 9.49. The molecular weight excluding hydrogens is 202 g/mol. The van der Waals surface area contributed by atoms with Crippen LogP contribution in [0.5, 0.6) is 0 Å². The lowest BCUT2D eigenvalue weighted by Gasteiger charge is -2.26. The van der Waals surface area contributed by atoms with Crippen LogP contribution >= 0.6 is 0 Å². The van der Waals surface area contributed by atoms with Crippen LogP contribution < -0.4 is 0 Å². The van der Waals surface area contributed by atoms with Crippen molar-refractivity contribution in [3.8, 4) is 0 Å². The smallest absolute Gasteiger partial charge is 0.409 e. The number of amides is 1. The molecule has 0 N–H and O–H groups in total. The monoisotopic (exact) mass is 229 g/mol. The highest BCUT2D eigenvalue weighted by Crippen LogP contribution is 2.10. The first-order chi connectivity index (χ1) is 7.61. The third-order valence-electron chi connectivity index (χ3n) is 2.15. The number of hydrogen-bond donors (Lipinski definition) is 0. The number of likely N-dealkylation sites (tertiary alicyclic amines) is 1. The fourth-order valence-electron chi connectivity index (χ4n) is 1.41. The molecule has 0 aliphatic carbocycles. The Kier molecular flexibility index (Phi) is 9.06. The van der Waals surface area contributed by atoms with Gasteiger partial charge >= 0.3 is 6.09 Å². The molecule has 3 nitrogen and oxygen atoms in total. The molecule has 0 unspecified atom stereocenters. The zero-order chi connectivity index (χ0) is 12.4. The van der Waals surface area contributed by atoms with Gasteiger partial charge in [-0.1, -0.05) is 34.1 Å². The maximum Gasteiger partial charge on any atom is 0.409 e. The van der Waals surface area contributed by atoms with E-state index in [0.29, 0.717) is 12.5 Å². The molecule has 96 valence electrons. The molecule has 0 atom stereocenters. The van der Waals surface area contributed by atoms with Crippen LogP contribution in [0.25, 0.3) is 0 Å². The van der Waals surface area contributed by atoms with Crippen LogP contribution in [0, 0.1) is 5.92 Å². The van der Waals surface area contributed by atoms with E-state index in [1.165, 1.54) is 12.8 Å². The van der Waals surface area contributed by atoms with Crippen LogP contribution in [0.4, 0.5) is 4.79 Å². The molecule has 1 aliphatic rings. The van der Waals surface area contributed by atoms with E-state index in [1.54, 1.807) is 0 Å². The summed E-state index contributed by atoms with van der Waals surface area (Å²) >= 11 is 0. The van der Waals surface area contributed by atoms with Gasteiger partial charge in [0.15, 0.2) is 0 Å². The van der Waals surface area contributed by atoms with E-state index in [4.69, 9.17) is 4.74 Å². The standard InChI is InChI=1S/C10H19NO2.C3H8/c1-9(2)8-13-10(12)11-6-4-3-5-7-11;1-3-2/h9H,3-8H2,1-2H3;3H2,1-2H3. The summed E-state index contributed by atoms with van der Waals surface area (Å²) in [5, 5.41) is 0. The van der Waals surface area contributed by atoms with E-state index in [1.807, 2.05) is 18.7 Å². The molecule has 0 radical (unpaired) electrons. The third kappa shape index (κ3) is 7.55. The van der Waals surface area contributed by atoms with Gasteiger partial charge in [0.25, 0.3) is 0 Å². The van der Waals surface area contributed by atoms with Crippen molar-refractivity contribution >= 4 is 6.09 Å². The Morgan fingerprint density at radius 3 is 2.12 bits per heavy atom. The SMILES string of the molecule is CC(C)COC(=O)N1CCCCC1.CCC. The molecule has 1 heterocycles. The van der Waals surface area contributed by atoms with Gasteiger partial charge in [-0.05, 0) is 25.2 Å². The summed E-state index contributed by atoms with van der Waals surface area (Å²) in [4.78, 5) is 13.2. The number of hydrogen-bond acceptors (Lipinski definition) is 2. The summed E-state index contributed by atoms with van der Waals surface area (Å²) in [7, 11) is 0. The van der Waals surface area contributed by atoms with Gasteiger partial charge in [-0.25, -0.2) is 4.79 Å². The van der Waals surface area contributed by atoms with Crippen molar-refractivity contribution in [3.05, 3.63) is 0 Å². The van der Waals surface area contributed by atoms with Crippen molar-refractivity contribution in [1.29, 1.82) is 0 Å². The molecule has 1 rings (SSSR count). The summed E-state index contributed by atoms with van der Waals surface area (Å²) in [5.74, 6) is 0.425. The van der Waals surface area contributed by atoms with Crippen molar-refractivity contribution in [3.63, 3.8) is 0 Å². The highest BCUT2D eigenvalue weighted by molar-refractivity contribution is 5.67. The second-order valence-corrected chi connectivity index (χ2v) is 4.73. The minimum absolute atomic E-state index is 0.131. The lowest BCUT2D eigenvalue weighted by molar-refractivity contribution is 0.0857. The summed E-state index contributed by atoms with van der Waals surface area (Å²) in [6, 6.07) is 0. The highest BCUT2D eigenvalue weighted by atomic mass is 16.6. The van der Waals surface area contributed by atoms with Gasteiger partial charge in [0.2, 0.25) is 0 Å². The van der Waals surface area contributed by atoms with Gasteiger partial charge in [0.1, 0.15) is 0 Å². The molecule has 0 spiro atoms. The van der Waals surface area contributed by atoms with Crippen molar-refractivity contribution < 1.29 is 9.53 Å². The molecule has 3 heteroatoms. The maximum atomic E-state index is 11.4. The Labute approximate surface area is 100 Å². The van der Waals surface area contributed by atoms with Crippen LogP contribution in [0.1, 0.15) is 53.4 Å². The van der Waals surface area contributed by atoms with E-state index in [9.17, 15) is 4.79 Å². The van der Waals surface area contributed by atoms with Gasteiger partial charge in [-0.3, -0.25) is 0 Å². The van der Waals surface area contributed by atoms with Crippen molar-refractivity contribution in [2.24, 2.45) is 5.92 Å². The van der Waals surface area contributed by atoms with E-state index in [0.717, 1.165) is 25.9 Å². The Balaban J connectivity index is 0.000000673. The van der Waals surface area contributed by atoms with Gasteiger partial charge in [-0.15, -0.1) is 0 Å². The average molecular weight is 229 g/mol. The lowest BCUT2D eigenvalue weighted by atomic mass is 10.1. The number of ether oxygens (including phenoxy) is 1. The summed E-state index contributed by atoms with van der Waals surface area (Å²) in [5.41, 5.74) is 0. The minimum Gasteiger partial charge on any atom is -0.449 e. The Morgan fingerprint density at radius 1 is 1.19 bits per heavy atom. The molecule has 1 fully saturated rings. The molecule has 0 saturated carbocycles. The molecule has 0 aromatic rings. The highest BCUT2D eigenvalue weighted by Gasteiger charge is 2.17. The van der Waals surface area contributed by atoms with Gasteiger partial charge in [0.05, 0.1) is 6.61 Å². The molecular formula is C13H27NO2. The number of rotatable bonds is 2. The molecule has 1 aliphatic heterocycles. The van der Waals surface area contributed by atoms with Gasteiger partial charge in [0, 0.05) is 13.1 Å². The fraction of sp³-hybridized carbons (Fsp3) is 0.923. The van der Waals surface area contributed by atoms with Crippen molar-refractivity contribution in [1.82, 2.24) is 4.90 Å². The van der Waals surface area contributed by atoms with E-state index in [2.05, 4.69) is 13.8 Å². The number of carbonyl (C=O) groups is 1. The Bertz CT molecular complexity index is 175. The van der Waals surface area contributed by atoms with Crippen LogP contribution in [-0.2, 0) is 4.74 Å². The maximum absolute atomic E-state index is 11.4. The van der Waals surface area contributed by atoms with Crippen LogP contribution in [-0.4, -0.2) is 30.7 Å². The Hall–Kier alpha value is -0.730. The second-order valence-electron chi connectivity index (χ2n) is 4.73. The van der Waals surface area contributed by atoms with Gasteiger partial charge in [-0.2, -0.15) is 0 Å². The summed E-state index contributed by atoms with van der Waals surface area (Å²) < 4.78 is 5.13. The zero-order valence-electron chi connectivity index (χ0n) is 11.3. The summed E-state index contributed by atoms with van der Waals surface area (Å²) in [6.07, 6.45) is 4.61. The third-order valence-corrected chi connectivity index (χ3v) is 2.15. The summed E-state index contributed by atoms with van der Waals surface area (Å²) in [6.45, 7) is 10.6. The number of piperidine rings is 1. The average Bonchev–Trinajstić information content (AvgIpc) is 2.28. The molecule has 0 bridgehead atoms. The first kappa shape index (κ1) is 15.3. The first-order valence-electron chi connectivity index (χ1n) is 6.53. The van der Waals surface area contributed by atoms with E-state index >= 15 is 0 Å². The fourth-order valence-corrected chi connectivity index (χ4v) is 1.41. The van der Waals surface area contributed by atoms with Crippen LogP contribution in [0.2, 0.25) is 0 Å². The quantitative estimate of drug-likeness (QED) is 0.723. The van der Waals surface area contributed by atoms with Crippen molar-refractivity contribution in [2.75, 3.05) is 19.7 Å². The molecule has 1 amide bonds. The zero-order valence-corrected chi connectivity index (χ0v) is 11.3. The largest absolute Gasteiger partial charge is 0.449 e. The Morgan fingerprint density at radius 2 is 1.69 bits per heavy atom. The van der Waals surface area contributed by atoms with Crippen LogP contribution in [0.15, 0.2) is 0 Å². The number of carbonyl (C=O) groups excluding carboxylic acids is 1. The number of nitrogens with zero attached hydrogens (tertiary/aromatic N) is 1. The van der Waals surface area contributed by atoms with E-state index < -0.39 is 0 Å². The molecule has 16 heavy (non-hydrogen) atoms. The van der Waals surface area contributed by atoms with Gasteiger partial charge < -0.3 is 9.64 Å². The molecule has 1 saturated heterocycles. The van der Waals surface area contributed by atoms with Crippen LogP contribution in [0.3, 0.4) is 0 Å². The predicted octanol–water partition coefficient (Wildman–Crippen LogP) is 3.68. The first-order valence-corrected chi connectivity index (χ1v) is 6.53. The molecule has 0 aromatic carbocycles.